The van der Waals surface area contributed by atoms with E-state index in [0.29, 0.717) is 18.7 Å². The molecule has 1 aliphatic rings. The van der Waals surface area contributed by atoms with Crippen molar-refractivity contribution in [1.29, 1.82) is 0 Å². The molecule has 48 heavy (non-hydrogen) atoms. The van der Waals surface area contributed by atoms with E-state index in [1.807, 2.05) is 71.9 Å². The second-order valence-corrected chi connectivity index (χ2v) is 12.7. The molecule has 2 amide bonds. The van der Waals surface area contributed by atoms with Crippen LogP contribution in [0.25, 0.3) is 22.5 Å². The first-order valence-corrected chi connectivity index (χ1v) is 17.2. The molecule has 2 N–H and O–H groups in total. The van der Waals surface area contributed by atoms with Crippen molar-refractivity contribution in [1.82, 2.24) is 14.9 Å². The van der Waals surface area contributed by atoms with Gasteiger partial charge in [-0.25, -0.2) is 14.6 Å². The Bertz CT molecular complexity index is 1820. The van der Waals surface area contributed by atoms with Crippen molar-refractivity contribution >= 4 is 17.7 Å². The number of unbranched alkanes of at least 4 members (excludes halogenated alkanes) is 1. The van der Waals surface area contributed by atoms with Gasteiger partial charge in [0.25, 0.3) is 0 Å². The largest absolute Gasteiger partial charge is 0.478 e. The lowest BCUT2D eigenvalue weighted by molar-refractivity contribution is 0.0697. The molecule has 0 unspecified atom stereocenters. The third-order valence-corrected chi connectivity index (χ3v) is 9.30. The number of nitrogens with zero attached hydrogens (tertiary/aromatic N) is 3. The monoisotopic (exact) mass is 640 g/mol. The molecule has 0 bridgehead atoms. The van der Waals surface area contributed by atoms with Crippen molar-refractivity contribution in [3.05, 3.63) is 132 Å². The molecule has 0 atom stereocenters. The molecule has 246 valence electrons. The molecule has 1 fully saturated rings. The number of hydrogen-bond acceptors (Lipinski definition) is 3. The van der Waals surface area contributed by atoms with E-state index in [0.717, 1.165) is 78.7 Å². The van der Waals surface area contributed by atoms with Crippen LogP contribution in [0.5, 0.6) is 0 Å². The summed E-state index contributed by atoms with van der Waals surface area (Å²) in [5.74, 6) is -0.121. The molecular weight excluding hydrogens is 596 g/mol. The first kappa shape index (κ1) is 32.8. The van der Waals surface area contributed by atoms with E-state index in [1.165, 1.54) is 12.0 Å². The molecule has 7 nitrogen and oxygen atoms in total. The molecule has 0 radical (unpaired) electrons. The zero-order chi connectivity index (χ0) is 33.3. The van der Waals surface area contributed by atoms with Crippen LogP contribution in [0.1, 0.15) is 78.9 Å². The van der Waals surface area contributed by atoms with Gasteiger partial charge in [-0.15, -0.1) is 0 Å². The number of carboxylic acid groups (broad SMARTS) is 1. The zero-order valence-corrected chi connectivity index (χ0v) is 27.6. The average Bonchev–Trinajstić information content (AvgIpc) is 3.58. The first-order chi connectivity index (χ1) is 23.5. The highest BCUT2D eigenvalue weighted by atomic mass is 16.4. The number of aromatic nitrogens is 2. The third-order valence-electron chi connectivity index (χ3n) is 9.30. The number of aryl methyl sites for hydroxylation is 1. The van der Waals surface area contributed by atoms with E-state index in [1.54, 1.807) is 12.1 Å². The van der Waals surface area contributed by atoms with E-state index < -0.39 is 5.97 Å². The van der Waals surface area contributed by atoms with Crippen LogP contribution in [0.2, 0.25) is 0 Å². The molecule has 0 spiro atoms. The van der Waals surface area contributed by atoms with Crippen LogP contribution in [0.3, 0.4) is 0 Å². The summed E-state index contributed by atoms with van der Waals surface area (Å²) in [6.45, 7) is 3.22. The van der Waals surface area contributed by atoms with E-state index in [9.17, 15) is 14.7 Å². The minimum atomic E-state index is -0.941. The molecule has 4 aromatic carbocycles. The van der Waals surface area contributed by atoms with Crippen molar-refractivity contribution in [3.63, 3.8) is 0 Å². The lowest BCUT2D eigenvalue weighted by Gasteiger charge is -2.30. The van der Waals surface area contributed by atoms with Gasteiger partial charge >= 0.3 is 12.0 Å². The van der Waals surface area contributed by atoms with Crippen molar-refractivity contribution in [2.45, 2.75) is 77.4 Å². The average molecular weight is 641 g/mol. The maximum Gasteiger partial charge on any atom is 0.336 e. The van der Waals surface area contributed by atoms with Gasteiger partial charge in [0.15, 0.2) is 0 Å². The summed E-state index contributed by atoms with van der Waals surface area (Å²) in [4.78, 5) is 32.8. The van der Waals surface area contributed by atoms with Gasteiger partial charge in [0.05, 0.1) is 17.8 Å². The number of carbonyl (C=O) groups excluding carboxylic acids is 1. The summed E-state index contributed by atoms with van der Waals surface area (Å²) >= 11 is 0. The maximum atomic E-state index is 14.2. The zero-order valence-electron chi connectivity index (χ0n) is 27.6. The Hall–Kier alpha value is -5.17. The van der Waals surface area contributed by atoms with Crippen molar-refractivity contribution in [2.24, 2.45) is 0 Å². The summed E-state index contributed by atoms with van der Waals surface area (Å²) in [5, 5.41) is 13.1. The highest BCUT2D eigenvalue weighted by molar-refractivity contribution is 5.97. The number of amides is 2. The molecule has 1 heterocycles. The van der Waals surface area contributed by atoms with E-state index in [2.05, 4.69) is 47.1 Å². The number of benzene rings is 4. The maximum absolute atomic E-state index is 14.2. The summed E-state index contributed by atoms with van der Waals surface area (Å²) in [5.41, 5.74) is 6.97. The Balaban J connectivity index is 1.37. The fraction of sp³-hybridized carbons (Fsp3) is 0.293. The molecule has 0 aliphatic heterocycles. The molecule has 1 saturated carbocycles. The van der Waals surface area contributed by atoms with Crippen LogP contribution in [-0.4, -0.2) is 32.7 Å². The Labute approximate surface area is 283 Å². The molecular formula is C41H44N4O3. The number of nitrogens with one attached hydrogen (secondary N) is 1. The highest BCUT2D eigenvalue weighted by Gasteiger charge is 2.26. The quantitative estimate of drug-likeness (QED) is 0.142. The van der Waals surface area contributed by atoms with Gasteiger partial charge in [-0.3, -0.25) is 4.90 Å². The molecule has 6 rings (SSSR count). The van der Waals surface area contributed by atoms with Gasteiger partial charge < -0.3 is 15.0 Å². The normalized spacial score (nSPS) is 13.3. The van der Waals surface area contributed by atoms with Gasteiger partial charge in [0, 0.05) is 30.5 Å². The van der Waals surface area contributed by atoms with Gasteiger partial charge in [0.2, 0.25) is 0 Å². The van der Waals surface area contributed by atoms with E-state index >= 15 is 0 Å². The summed E-state index contributed by atoms with van der Waals surface area (Å²) in [7, 11) is 0. The van der Waals surface area contributed by atoms with Crippen LogP contribution >= 0.6 is 0 Å². The predicted molar refractivity (Wildman–Crippen MR) is 192 cm³/mol. The fourth-order valence-corrected chi connectivity index (χ4v) is 6.75. The van der Waals surface area contributed by atoms with Crippen molar-refractivity contribution in [2.75, 3.05) is 4.90 Å². The smallest absolute Gasteiger partial charge is 0.336 e. The van der Waals surface area contributed by atoms with Crippen molar-refractivity contribution < 1.29 is 14.7 Å². The van der Waals surface area contributed by atoms with Crippen LogP contribution in [-0.2, 0) is 19.5 Å². The Morgan fingerprint density at radius 3 is 2.38 bits per heavy atom. The number of carbonyl (C=O) groups is 2. The standard InChI is InChI=1S/C41H44N4O3/c1-2-3-15-33-16-12-21-37(45(29-30-13-6-4-7-14-30)41(48)43-34-17-8-5-9-18-34)38(33)39-42-26-27-44(39)28-31-22-24-32(25-23-31)35-19-10-11-20-36(35)40(46)47/h4,6-7,10-14,16,19-27,34H,2-3,5,8-9,15,17-18,28-29H2,1H3,(H,43,48)(H,46,47). The van der Waals surface area contributed by atoms with E-state index in [4.69, 9.17) is 4.98 Å². The number of urea groups is 1. The van der Waals surface area contributed by atoms with Gasteiger partial charge in [0.1, 0.15) is 5.82 Å². The molecule has 0 saturated heterocycles. The Kier molecular flexibility index (Phi) is 10.7. The molecule has 1 aliphatic carbocycles. The molecule has 1 aromatic heterocycles. The Morgan fingerprint density at radius 1 is 0.875 bits per heavy atom. The Morgan fingerprint density at radius 2 is 1.62 bits per heavy atom. The van der Waals surface area contributed by atoms with Crippen LogP contribution in [0, 0.1) is 0 Å². The van der Waals surface area contributed by atoms with Crippen molar-refractivity contribution in [3.8, 4) is 22.5 Å². The number of anilines is 1. The predicted octanol–water partition coefficient (Wildman–Crippen LogP) is 9.36. The molecule has 5 aromatic rings. The highest BCUT2D eigenvalue weighted by Crippen LogP contribution is 2.36. The molecule has 7 heteroatoms. The van der Waals surface area contributed by atoms with Gasteiger partial charge in [-0.1, -0.05) is 118 Å². The topological polar surface area (TPSA) is 87.5 Å². The first-order valence-electron chi connectivity index (χ1n) is 17.2. The number of aromatic carboxylic acids is 1. The number of rotatable bonds is 12. The van der Waals surface area contributed by atoms with Gasteiger partial charge in [-0.05, 0) is 65.6 Å². The van der Waals surface area contributed by atoms with Gasteiger partial charge in [-0.2, -0.15) is 0 Å². The summed E-state index contributed by atoms with van der Waals surface area (Å²) in [6.07, 6.45) is 12.3. The van der Waals surface area contributed by atoms with E-state index in [-0.39, 0.29) is 17.6 Å². The summed E-state index contributed by atoms with van der Waals surface area (Å²) < 4.78 is 2.15. The second kappa shape index (κ2) is 15.6. The number of carboxylic acids is 1. The lowest BCUT2D eigenvalue weighted by Crippen LogP contribution is -2.45. The van der Waals surface area contributed by atoms with Crippen LogP contribution < -0.4 is 10.2 Å². The number of imidazole rings is 1. The summed E-state index contributed by atoms with van der Waals surface area (Å²) in [6, 6.07) is 31.7. The minimum Gasteiger partial charge on any atom is -0.478 e. The second-order valence-electron chi connectivity index (χ2n) is 12.7. The van der Waals surface area contributed by atoms with Crippen LogP contribution in [0.4, 0.5) is 10.5 Å². The number of hydrogen-bond donors (Lipinski definition) is 2. The minimum absolute atomic E-state index is 0.0741. The fourth-order valence-electron chi connectivity index (χ4n) is 6.75. The third kappa shape index (κ3) is 7.68. The lowest BCUT2D eigenvalue weighted by atomic mass is 9.95. The van der Waals surface area contributed by atoms with Crippen LogP contribution in [0.15, 0.2) is 109 Å². The SMILES string of the molecule is CCCCc1cccc(N(Cc2ccccc2)C(=O)NC2CCCCC2)c1-c1nccn1Cc1ccc(-c2ccccc2C(=O)O)cc1.